The van der Waals surface area contributed by atoms with Crippen LogP contribution in [0.1, 0.15) is 15.9 Å². The van der Waals surface area contributed by atoms with E-state index in [1.54, 1.807) is 23.4 Å². The van der Waals surface area contributed by atoms with Crippen molar-refractivity contribution in [1.29, 1.82) is 0 Å². The Balaban J connectivity index is 1.30. The standard InChI is InChI=1S/C23H22F2N6O2/c1-26-22(32)15-10-16(24)21(17(25)11-15)30-7-5-29(6-8-30)13-14-9-18-20(27-12-14)19-3-2-4-31(19)23(33)28-18/h2-4,9-12H,5-8,13H2,1H3,(H,26,32)(H,28,33). The summed E-state index contributed by atoms with van der Waals surface area (Å²) in [7, 11) is 1.41. The lowest BCUT2D eigenvalue weighted by molar-refractivity contribution is 0.0962. The third kappa shape index (κ3) is 3.82. The Hall–Kier alpha value is -3.79. The molecule has 0 aliphatic carbocycles. The molecule has 2 N–H and O–H groups in total. The largest absolute Gasteiger partial charge is 0.364 e. The van der Waals surface area contributed by atoms with Crippen molar-refractivity contribution >= 4 is 28.1 Å². The van der Waals surface area contributed by atoms with E-state index < -0.39 is 17.5 Å². The van der Waals surface area contributed by atoms with Crippen LogP contribution in [0, 0.1) is 11.6 Å². The van der Waals surface area contributed by atoms with Gasteiger partial charge in [0.25, 0.3) is 5.91 Å². The number of aromatic nitrogens is 3. The van der Waals surface area contributed by atoms with E-state index in [0.29, 0.717) is 38.2 Å². The van der Waals surface area contributed by atoms with E-state index >= 15 is 0 Å². The maximum Gasteiger partial charge on any atom is 0.330 e. The molecule has 1 fully saturated rings. The van der Waals surface area contributed by atoms with Gasteiger partial charge in [-0.15, -0.1) is 0 Å². The molecule has 5 rings (SSSR count). The average molecular weight is 452 g/mol. The highest BCUT2D eigenvalue weighted by atomic mass is 19.1. The molecule has 0 spiro atoms. The van der Waals surface area contributed by atoms with Gasteiger partial charge in [0.15, 0.2) is 0 Å². The lowest BCUT2D eigenvalue weighted by atomic mass is 10.1. The first kappa shape index (κ1) is 21.1. The second kappa shape index (κ2) is 8.28. The molecule has 1 aliphatic heterocycles. The number of aromatic amines is 1. The topological polar surface area (TPSA) is 85.7 Å². The van der Waals surface area contributed by atoms with Crippen LogP contribution in [0.15, 0.2) is 47.5 Å². The molecular formula is C23H22F2N6O2. The van der Waals surface area contributed by atoms with Gasteiger partial charge in [-0.05, 0) is 35.9 Å². The van der Waals surface area contributed by atoms with Gasteiger partial charge in [0.1, 0.15) is 22.8 Å². The Labute approximate surface area is 187 Å². The second-order valence-corrected chi connectivity index (χ2v) is 8.06. The first-order chi connectivity index (χ1) is 15.9. The number of halogens is 2. The third-order valence-electron chi connectivity index (χ3n) is 6.00. The van der Waals surface area contributed by atoms with Gasteiger partial charge in [0, 0.05) is 57.7 Å². The summed E-state index contributed by atoms with van der Waals surface area (Å²) in [5, 5.41) is 2.37. The molecule has 1 amide bonds. The summed E-state index contributed by atoms with van der Waals surface area (Å²) >= 11 is 0. The van der Waals surface area contributed by atoms with Gasteiger partial charge >= 0.3 is 5.69 Å². The Morgan fingerprint density at radius 2 is 1.88 bits per heavy atom. The monoisotopic (exact) mass is 452 g/mol. The van der Waals surface area contributed by atoms with Crippen molar-refractivity contribution in [2.75, 3.05) is 38.1 Å². The fraction of sp³-hybridized carbons (Fsp3) is 0.261. The lowest BCUT2D eigenvalue weighted by Gasteiger charge is -2.36. The maximum absolute atomic E-state index is 14.6. The Morgan fingerprint density at radius 3 is 2.58 bits per heavy atom. The van der Waals surface area contributed by atoms with E-state index in [1.807, 2.05) is 12.1 Å². The summed E-state index contributed by atoms with van der Waals surface area (Å²) in [5.74, 6) is -2.03. The smallest absolute Gasteiger partial charge is 0.330 e. The van der Waals surface area contributed by atoms with Crippen LogP contribution in [0.3, 0.4) is 0 Å². The zero-order valence-electron chi connectivity index (χ0n) is 17.9. The number of nitrogens with one attached hydrogen (secondary N) is 2. The van der Waals surface area contributed by atoms with E-state index in [-0.39, 0.29) is 16.9 Å². The van der Waals surface area contributed by atoms with Gasteiger partial charge < -0.3 is 15.2 Å². The average Bonchev–Trinajstić information content (AvgIpc) is 3.30. The quantitative estimate of drug-likeness (QED) is 0.496. The number of anilines is 1. The molecule has 8 nitrogen and oxygen atoms in total. The predicted octanol–water partition coefficient (Wildman–Crippen LogP) is 2.14. The highest BCUT2D eigenvalue weighted by molar-refractivity contribution is 5.94. The molecule has 0 saturated carbocycles. The zero-order valence-corrected chi connectivity index (χ0v) is 17.9. The summed E-state index contributed by atoms with van der Waals surface area (Å²) < 4.78 is 30.7. The number of amides is 1. The molecule has 10 heteroatoms. The van der Waals surface area contributed by atoms with Crippen LogP contribution < -0.4 is 15.9 Å². The number of benzene rings is 1. The summed E-state index contributed by atoms with van der Waals surface area (Å²) in [6.45, 7) is 2.68. The van der Waals surface area contributed by atoms with Gasteiger partial charge in [0.2, 0.25) is 0 Å². The van der Waals surface area contributed by atoms with Crippen molar-refractivity contribution in [3.63, 3.8) is 0 Å². The molecule has 1 aliphatic rings. The number of H-pyrrole nitrogens is 1. The van der Waals surface area contributed by atoms with E-state index in [9.17, 15) is 18.4 Å². The van der Waals surface area contributed by atoms with Crippen LogP contribution in [-0.2, 0) is 6.54 Å². The molecule has 0 unspecified atom stereocenters. The molecule has 0 bridgehead atoms. The number of piperazine rings is 1. The second-order valence-electron chi connectivity index (χ2n) is 8.06. The number of hydrogen-bond donors (Lipinski definition) is 2. The molecule has 170 valence electrons. The van der Waals surface area contributed by atoms with Crippen LogP contribution in [0.4, 0.5) is 14.5 Å². The normalized spacial score (nSPS) is 14.8. The number of carbonyl (C=O) groups is 1. The van der Waals surface area contributed by atoms with E-state index in [2.05, 4.69) is 20.2 Å². The van der Waals surface area contributed by atoms with E-state index in [4.69, 9.17) is 0 Å². The molecule has 33 heavy (non-hydrogen) atoms. The van der Waals surface area contributed by atoms with Crippen molar-refractivity contribution in [3.05, 3.63) is 76.0 Å². The lowest BCUT2D eigenvalue weighted by Crippen LogP contribution is -2.46. The van der Waals surface area contributed by atoms with Crippen LogP contribution in [0.25, 0.3) is 16.6 Å². The number of carbonyl (C=O) groups excluding carboxylic acids is 1. The first-order valence-electron chi connectivity index (χ1n) is 10.6. The van der Waals surface area contributed by atoms with Crippen molar-refractivity contribution in [3.8, 4) is 0 Å². The number of hydrogen-bond acceptors (Lipinski definition) is 5. The number of pyridine rings is 1. The van der Waals surface area contributed by atoms with Crippen molar-refractivity contribution in [2.24, 2.45) is 0 Å². The predicted molar refractivity (Wildman–Crippen MR) is 121 cm³/mol. The van der Waals surface area contributed by atoms with Crippen LogP contribution in [0.2, 0.25) is 0 Å². The Morgan fingerprint density at radius 1 is 1.15 bits per heavy atom. The van der Waals surface area contributed by atoms with Crippen LogP contribution in [0.5, 0.6) is 0 Å². The number of nitrogens with zero attached hydrogens (tertiary/aromatic N) is 4. The maximum atomic E-state index is 14.6. The minimum Gasteiger partial charge on any atom is -0.364 e. The van der Waals surface area contributed by atoms with Crippen molar-refractivity contribution in [2.45, 2.75) is 6.54 Å². The van der Waals surface area contributed by atoms with Crippen LogP contribution >= 0.6 is 0 Å². The molecule has 1 saturated heterocycles. The van der Waals surface area contributed by atoms with Gasteiger partial charge in [-0.3, -0.25) is 19.1 Å². The molecular weight excluding hydrogens is 430 g/mol. The molecule has 0 atom stereocenters. The van der Waals surface area contributed by atoms with Crippen molar-refractivity contribution < 1.29 is 13.6 Å². The van der Waals surface area contributed by atoms with E-state index in [0.717, 1.165) is 28.7 Å². The Bertz CT molecular complexity index is 1400. The highest BCUT2D eigenvalue weighted by Crippen LogP contribution is 2.26. The van der Waals surface area contributed by atoms with Gasteiger partial charge in [-0.1, -0.05) is 0 Å². The summed E-state index contributed by atoms with van der Waals surface area (Å²) in [6, 6.07) is 7.69. The zero-order chi connectivity index (χ0) is 23.1. The van der Waals surface area contributed by atoms with Crippen LogP contribution in [-0.4, -0.2) is 58.4 Å². The number of fused-ring (bicyclic) bond motifs is 3. The van der Waals surface area contributed by atoms with Gasteiger partial charge in [-0.25, -0.2) is 13.6 Å². The first-order valence-corrected chi connectivity index (χ1v) is 10.6. The summed E-state index contributed by atoms with van der Waals surface area (Å²) in [4.78, 5) is 35.2. The van der Waals surface area contributed by atoms with Gasteiger partial charge in [0.05, 0.1) is 11.0 Å². The fourth-order valence-electron chi connectivity index (χ4n) is 4.35. The molecule has 1 aromatic carbocycles. The SMILES string of the molecule is CNC(=O)c1cc(F)c(N2CCN(Cc3cnc4c(c3)[nH]c(=O)n3cccc43)CC2)c(F)c1. The summed E-state index contributed by atoms with van der Waals surface area (Å²) in [5.41, 5.74) is 2.70. The molecule has 3 aromatic heterocycles. The molecule has 4 aromatic rings. The summed E-state index contributed by atoms with van der Waals surface area (Å²) in [6.07, 6.45) is 3.48. The van der Waals surface area contributed by atoms with Crippen molar-refractivity contribution in [1.82, 2.24) is 24.6 Å². The fourth-order valence-corrected chi connectivity index (χ4v) is 4.35. The highest BCUT2D eigenvalue weighted by Gasteiger charge is 2.24. The minimum atomic E-state index is -0.749. The molecule has 4 heterocycles. The van der Waals surface area contributed by atoms with Gasteiger partial charge in [-0.2, -0.15) is 0 Å². The third-order valence-corrected chi connectivity index (χ3v) is 6.00. The number of rotatable bonds is 4. The molecule has 0 radical (unpaired) electrons. The minimum absolute atomic E-state index is 0.0471. The van der Waals surface area contributed by atoms with E-state index in [1.165, 1.54) is 11.4 Å². The Kier molecular flexibility index (Phi) is 5.29.